The molecule has 0 saturated heterocycles. The van der Waals surface area contributed by atoms with Crippen LogP contribution in [0.15, 0.2) is 0 Å². The molecule has 22 heavy (non-hydrogen) atoms. The standard InChI is InChI=1S/C18H38O4/c1-9-13(5)19-17(20-14(6)10-2)18(21-15(7)11-3)22-16(8)12-4/h13-18H,9-12H2,1-8H3. The van der Waals surface area contributed by atoms with E-state index < -0.39 is 12.6 Å². The van der Waals surface area contributed by atoms with Gasteiger partial charge in [-0.05, 0) is 53.4 Å². The highest BCUT2D eigenvalue weighted by atomic mass is 16.8. The number of ether oxygens (including phenoxy) is 4. The van der Waals surface area contributed by atoms with Crippen molar-refractivity contribution in [2.75, 3.05) is 0 Å². The second kappa shape index (κ2) is 12.3. The van der Waals surface area contributed by atoms with E-state index in [1.165, 1.54) is 0 Å². The third-order valence-corrected chi connectivity index (χ3v) is 3.99. The third-order valence-electron chi connectivity index (χ3n) is 3.99. The molecule has 0 N–H and O–H groups in total. The third kappa shape index (κ3) is 9.09. The summed E-state index contributed by atoms with van der Waals surface area (Å²) in [7, 11) is 0. The van der Waals surface area contributed by atoms with Gasteiger partial charge >= 0.3 is 0 Å². The van der Waals surface area contributed by atoms with Crippen molar-refractivity contribution in [3.63, 3.8) is 0 Å². The summed E-state index contributed by atoms with van der Waals surface area (Å²) in [5, 5.41) is 0. The van der Waals surface area contributed by atoms with E-state index in [4.69, 9.17) is 18.9 Å². The van der Waals surface area contributed by atoms with E-state index in [0.717, 1.165) is 25.7 Å². The van der Waals surface area contributed by atoms with Crippen molar-refractivity contribution in [1.82, 2.24) is 0 Å². The summed E-state index contributed by atoms with van der Waals surface area (Å²) in [5.74, 6) is 0. The van der Waals surface area contributed by atoms with Gasteiger partial charge in [0.15, 0.2) is 0 Å². The molecule has 0 rings (SSSR count). The predicted octanol–water partition coefficient (Wildman–Crippen LogP) is 4.90. The lowest BCUT2D eigenvalue weighted by molar-refractivity contribution is -0.323. The first-order valence-electron chi connectivity index (χ1n) is 8.99. The van der Waals surface area contributed by atoms with Gasteiger partial charge in [0, 0.05) is 0 Å². The van der Waals surface area contributed by atoms with Crippen molar-refractivity contribution < 1.29 is 18.9 Å². The van der Waals surface area contributed by atoms with Crippen LogP contribution in [-0.4, -0.2) is 37.0 Å². The maximum Gasteiger partial charge on any atom is 0.209 e. The average molecular weight is 318 g/mol. The molecule has 0 saturated carbocycles. The fraction of sp³-hybridized carbons (Fsp3) is 1.00. The van der Waals surface area contributed by atoms with Crippen LogP contribution in [0.2, 0.25) is 0 Å². The SMILES string of the molecule is CCC(C)OC(OC(C)CC)C(OC(C)CC)OC(C)CC. The Morgan fingerprint density at radius 1 is 0.455 bits per heavy atom. The Hall–Kier alpha value is -0.160. The summed E-state index contributed by atoms with van der Waals surface area (Å²) in [5.41, 5.74) is 0. The van der Waals surface area contributed by atoms with Crippen LogP contribution in [0.4, 0.5) is 0 Å². The molecule has 4 atom stereocenters. The maximum absolute atomic E-state index is 6.05. The molecule has 4 heteroatoms. The molecule has 0 aliphatic carbocycles. The largest absolute Gasteiger partial charge is 0.345 e. The first-order valence-corrected chi connectivity index (χ1v) is 8.99. The Bertz CT molecular complexity index is 209. The van der Waals surface area contributed by atoms with Crippen LogP contribution >= 0.6 is 0 Å². The second-order valence-electron chi connectivity index (χ2n) is 6.16. The Balaban J connectivity index is 5.02. The van der Waals surface area contributed by atoms with Gasteiger partial charge in [0.2, 0.25) is 12.6 Å². The normalized spacial score (nSPS) is 20.2. The Labute approximate surface area is 137 Å². The molecular weight excluding hydrogens is 280 g/mol. The molecule has 0 fully saturated rings. The second-order valence-corrected chi connectivity index (χ2v) is 6.16. The van der Waals surface area contributed by atoms with Crippen molar-refractivity contribution in [1.29, 1.82) is 0 Å². The zero-order valence-electron chi connectivity index (χ0n) is 15.9. The lowest BCUT2D eigenvalue weighted by atomic mass is 10.3. The van der Waals surface area contributed by atoms with Crippen LogP contribution in [0.3, 0.4) is 0 Å². The first kappa shape index (κ1) is 21.8. The summed E-state index contributed by atoms with van der Waals surface area (Å²) in [6.07, 6.45) is 3.17. The molecule has 0 bridgehead atoms. The van der Waals surface area contributed by atoms with Gasteiger partial charge in [-0.15, -0.1) is 0 Å². The molecule has 0 heterocycles. The minimum atomic E-state index is -0.493. The van der Waals surface area contributed by atoms with Crippen molar-refractivity contribution in [2.24, 2.45) is 0 Å². The van der Waals surface area contributed by atoms with E-state index in [1.807, 2.05) is 0 Å². The topological polar surface area (TPSA) is 36.9 Å². The Morgan fingerprint density at radius 2 is 0.636 bits per heavy atom. The van der Waals surface area contributed by atoms with Crippen LogP contribution in [0, 0.1) is 0 Å². The van der Waals surface area contributed by atoms with Gasteiger partial charge in [0.05, 0.1) is 24.4 Å². The van der Waals surface area contributed by atoms with E-state index in [2.05, 4.69) is 55.4 Å². The summed E-state index contributed by atoms with van der Waals surface area (Å²) < 4.78 is 24.2. The van der Waals surface area contributed by atoms with E-state index in [9.17, 15) is 0 Å². The molecule has 0 amide bonds. The Morgan fingerprint density at radius 3 is 0.773 bits per heavy atom. The van der Waals surface area contributed by atoms with E-state index >= 15 is 0 Å². The highest BCUT2D eigenvalue weighted by Gasteiger charge is 2.30. The van der Waals surface area contributed by atoms with E-state index in [0.29, 0.717) is 0 Å². The molecule has 0 radical (unpaired) electrons. The Kier molecular flexibility index (Phi) is 12.2. The van der Waals surface area contributed by atoms with Gasteiger partial charge < -0.3 is 18.9 Å². The number of hydrogen-bond donors (Lipinski definition) is 0. The highest BCUT2D eigenvalue weighted by Crippen LogP contribution is 2.19. The first-order chi connectivity index (χ1) is 10.4. The van der Waals surface area contributed by atoms with Crippen LogP contribution in [0.25, 0.3) is 0 Å². The molecule has 0 aromatic heterocycles. The fourth-order valence-corrected chi connectivity index (χ4v) is 1.62. The molecule has 0 spiro atoms. The number of rotatable bonds is 13. The molecule has 134 valence electrons. The molecule has 4 nitrogen and oxygen atoms in total. The van der Waals surface area contributed by atoms with Crippen molar-refractivity contribution in [3.05, 3.63) is 0 Å². The quantitative estimate of drug-likeness (QED) is 0.453. The predicted molar refractivity (Wildman–Crippen MR) is 90.9 cm³/mol. The molecule has 0 aromatic rings. The summed E-state index contributed by atoms with van der Waals surface area (Å²) in [6.45, 7) is 16.6. The molecule has 0 aliphatic heterocycles. The number of hydrogen-bond acceptors (Lipinski definition) is 4. The van der Waals surface area contributed by atoms with Gasteiger partial charge in [-0.1, -0.05) is 27.7 Å². The van der Waals surface area contributed by atoms with Gasteiger partial charge in [-0.3, -0.25) is 0 Å². The van der Waals surface area contributed by atoms with Crippen LogP contribution in [0.1, 0.15) is 81.1 Å². The summed E-state index contributed by atoms with van der Waals surface area (Å²) in [4.78, 5) is 0. The molecule has 0 aromatic carbocycles. The van der Waals surface area contributed by atoms with Crippen molar-refractivity contribution in [3.8, 4) is 0 Å². The van der Waals surface area contributed by atoms with Crippen LogP contribution in [0.5, 0.6) is 0 Å². The van der Waals surface area contributed by atoms with Crippen molar-refractivity contribution >= 4 is 0 Å². The molecule has 4 unspecified atom stereocenters. The van der Waals surface area contributed by atoms with E-state index in [1.54, 1.807) is 0 Å². The van der Waals surface area contributed by atoms with Gasteiger partial charge in [-0.2, -0.15) is 0 Å². The monoisotopic (exact) mass is 318 g/mol. The van der Waals surface area contributed by atoms with Gasteiger partial charge in [-0.25, -0.2) is 0 Å². The highest BCUT2D eigenvalue weighted by molar-refractivity contribution is 4.63. The minimum absolute atomic E-state index is 0.109. The molecular formula is C18H38O4. The zero-order chi connectivity index (χ0) is 17.1. The average Bonchev–Trinajstić information content (AvgIpc) is 2.52. The summed E-state index contributed by atoms with van der Waals surface area (Å²) >= 11 is 0. The van der Waals surface area contributed by atoms with Crippen LogP contribution in [-0.2, 0) is 18.9 Å². The lowest BCUT2D eigenvalue weighted by Crippen LogP contribution is -2.43. The minimum Gasteiger partial charge on any atom is -0.345 e. The fourth-order valence-electron chi connectivity index (χ4n) is 1.62. The van der Waals surface area contributed by atoms with Crippen molar-refractivity contribution in [2.45, 2.75) is 118 Å². The smallest absolute Gasteiger partial charge is 0.209 e. The zero-order valence-corrected chi connectivity index (χ0v) is 15.9. The summed E-state index contributed by atoms with van der Waals surface area (Å²) in [6, 6.07) is 0. The lowest BCUT2D eigenvalue weighted by Gasteiger charge is -2.34. The maximum atomic E-state index is 6.05. The van der Waals surface area contributed by atoms with Gasteiger partial charge in [0.1, 0.15) is 0 Å². The van der Waals surface area contributed by atoms with Gasteiger partial charge in [0.25, 0.3) is 0 Å². The molecule has 0 aliphatic rings. The van der Waals surface area contributed by atoms with Crippen LogP contribution < -0.4 is 0 Å². The van der Waals surface area contributed by atoms with E-state index in [-0.39, 0.29) is 24.4 Å².